The van der Waals surface area contributed by atoms with E-state index in [1.54, 1.807) is 24.3 Å². The number of aromatic hydroxyl groups is 1. The van der Waals surface area contributed by atoms with Crippen LogP contribution in [0.1, 0.15) is 45.8 Å². The van der Waals surface area contributed by atoms with E-state index in [0.717, 1.165) is 4.90 Å². The number of carboxylic acid groups (broad SMARTS) is 1. The molecular formula is C40H29Cl2F3N4O8. The van der Waals surface area contributed by atoms with Crippen LogP contribution in [0.3, 0.4) is 0 Å². The Morgan fingerprint density at radius 3 is 2.35 bits per heavy atom. The molecule has 4 aliphatic rings. The number of aromatic nitrogens is 1. The average molecular weight is 822 g/mol. The predicted molar refractivity (Wildman–Crippen MR) is 197 cm³/mol. The number of ether oxygens (including phenoxy) is 1. The number of fused-ring (bicyclic) bond motifs is 4. The number of carbonyl (C=O) groups is 5. The van der Waals surface area contributed by atoms with Crippen LogP contribution in [-0.2, 0) is 30.8 Å². The van der Waals surface area contributed by atoms with Crippen molar-refractivity contribution in [3.8, 4) is 11.5 Å². The van der Waals surface area contributed by atoms with E-state index in [2.05, 4.69) is 10.4 Å². The first-order valence-electron chi connectivity index (χ1n) is 17.5. The third-order valence-electron chi connectivity index (χ3n) is 11.4. The highest BCUT2D eigenvalue weighted by Gasteiger charge is 2.70. The van der Waals surface area contributed by atoms with E-state index in [1.165, 1.54) is 55.6 Å². The highest BCUT2D eigenvalue weighted by atomic mass is 35.5. The molecule has 1 saturated carbocycles. The van der Waals surface area contributed by atoms with Crippen molar-refractivity contribution < 1.29 is 52.1 Å². The van der Waals surface area contributed by atoms with Gasteiger partial charge in [0.05, 0.1) is 52.1 Å². The lowest BCUT2D eigenvalue weighted by Gasteiger charge is -2.50. The van der Waals surface area contributed by atoms with Crippen LogP contribution in [0.15, 0.2) is 90.6 Å². The van der Waals surface area contributed by atoms with Gasteiger partial charge >= 0.3 is 12.1 Å². The molecule has 12 nitrogen and oxygen atoms in total. The first-order valence-corrected chi connectivity index (χ1v) is 18.2. The summed E-state index contributed by atoms with van der Waals surface area (Å²) < 4.78 is 45.8. The Bertz CT molecular complexity index is 2440. The van der Waals surface area contributed by atoms with Crippen molar-refractivity contribution in [3.63, 3.8) is 0 Å². The first-order chi connectivity index (χ1) is 27.1. The van der Waals surface area contributed by atoms with E-state index >= 15 is 4.79 Å². The molecule has 4 aromatic rings. The highest BCUT2D eigenvalue weighted by molar-refractivity contribution is 6.33. The number of phenolic OH excluding ortho intramolecular Hbond substituents is 1. The summed E-state index contributed by atoms with van der Waals surface area (Å²) in [7, 11) is 1.35. The standard InChI is InChI=1S/C40H29Cl2F3N4O8/c1-57-30-12-5-18(14-29(30)50)32-24-10-11-25-31(36(53)48(34(25)51)23-4-2-3-19(13-23)37(54)55)26(24)16-27-35(52)49(38(56)39(27,32)20-6-8-22(41)9-7-20)47-33-28(42)15-21(17-46-33)40(43,44)45/h2-10,12-15,17,25-27,31-32,50H,11,16H2,1H3,(H,46,47)(H,54,55). The maximum Gasteiger partial charge on any atom is 0.417 e. The number of aromatic carboxylic acids is 1. The van der Waals surface area contributed by atoms with E-state index < -0.39 is 87.2 Å². The number of rotatable bonds is 7. The number of imide groups is 2. The van der Waals surface area contributed by atoms with Crippen molar-refractivity contribution in [3.05, 3.63) is 123 Å². The number of benzene rings is 3. The summed E-state index contributed by atoms with van der Waals surface area (Å²) >= 11 is 12.6. The van der Waals surface area contributed by atoms with Crippen LogP contribution in [0, 0.1) is 23.7 Å². The summed E-state index contributed by atoms with van der Waals surface area (Å²) in [6.07, 6.45) is -2.60. The van der Waals surface area contributed by atoms with Crippen molar-refractivity contribution in [1.82, 2.24) is 9.99 Å². The maximum atomic E-state index is 15.3. The molecule has 2 saturated heterocycles. The van der Waals surface area contributed by atoms with Gasteiger partial charge in [0.25, 0.3) is 11.8 Å². The van der Waals surface area contributed by atoms with E-state index in [-0.39, 0.29) is 35.6 Å². The number of pyridine rings is 1. The third kappa shape index (κ3) is 5.81. The van der Waals surface area contributed by atoms with Gasteiger partial charge in [-0.2, -0.15) is 18.2 Å². The van der Waals surface area contributed by atoms with Gasteiger partial charge in [-0.05, 0) is 78.4 Å². The van der Waals surface area contributed by atoms with Crippen molar-refractivity contribution in [2.45, 2.75) is 30.4 Å². The van der Waals surface area contributed by atoms with Crippen LogP contribution in [0.25, 0.3) is 0 Å². The molecule has 3 aromatic carbocycles. The Hall–Kier alpha value is -5.93. The zero-order chi connectivity index (χ0) is 40.7. The second-order valence-corrected chi connectivity index (χ2v) is 15.1. The number of amides is 4. The normalized spacial score (nSPS) is 25.5. The Balaban J connectivity index is 1.31. The lowest BCUT2D eigenvalue weighted by molar-refractivity contribution is -0.139. The van der Waals surface area contributed by atoms with Gasteiger partial charge < -0.3 is 14.9 Å². The van der Waals surface area contributed by atoms with E-state index in [0.29, 0.717) is 39.0 Å². The molecule has 3 heterocycles. The molecule has 0 radical (unpaired) electrons. The first kappa shape index (κ1) is 38.0. The molecule has 4 amide bonds. The zero-order valence-electron chi connectivity index (χ0n) is 29.5. The van der Waals surface area contributed by atoms with E-state index in [4.69, 9.17) is 27.9 Å². The summed E-state index contributed by atoms with van der Waals surface area (Å²) in [5, 5.41) is 21.2. The maximum absolute atomic E-state index is 15.3. The minimum atomic E-state index is -4.78. The number of phenols is 1. The SMILES string of the molecule is COc1ccc(C2C3=CCC4C(=O)N(c5cccc(C(=O)O)c5)C(=O)C4C3CC3C(=O)N(Nc4ncc(C(F)(F)F)cc4Cl)C(=O)C32c2ccc(Cl)cc2)cc1O. The number of carboxylic acids is 1. The van der Waals surface area contributed by atoms with Crippen LogP contribution in [0.4, 0.5) is 24.7 Å². The quantitative estimate of drug-likeness (QED) is 0.130. The summed E-state index contributed by atoms with van der Waals surface area (Å²) in [4.78, 5) is 75.2. The molecule has 2 aliphatic carbocycles. The minimum Gasteiger partial charge on any atom is -0.504 e. The molecule has 1 aromatic heterocycles. The number of hydrogen-bond acceptors (Lipinski definition) is 9. The summed E-state index contributed by atoms with van der Waals surface area (Å²) in [5.41, 5.74) is 0.706. The molecule has 17 heteroatoms. The molecule has 0 spiro atoms. The summed E-state index contributed by atoms with van der Waals surface area (Å²) in [6, 6.07) is 16.7. The van der Waals surface area contributed by atoms with Crippen LogP contribution in [0.2, 0.25) is 10.0 Å². The van der Waals surface area contributed by atoms with Crippen molar-refractivity contribution in [2.24, 2.45) is 23.7 Å². The van der Waals surface area contributed by atoms with Crippen LogP contribution < -0.4 is 15.1 Å². The molecule has 3 fully saturated rings. The van der Waals surface area contributed by atoms with Crippen molar-refractivity contribution in [2.75, 3.05) is 17.4 Å². The van der Waals surface area contributed by atoms with E-state index in [9.17, 15) is 42.6 Å². The van der Waals surface area contributed by atoms with Gasteiger partial charge in [-0.15, -0.1) is 0 Å². The molecule has 3 N–H and O–H groups in total. The van der Waals surface area contributed by atoms with Crippen LogP contribution >= 0.6 is 23.2 Å². The fraction of sp³-hybridized carbons (Fsp3) is 0.250. The number of halogens is 5. The largest absolute Gasteiger partial charge is 0.504 e. The Morgan fingerprint density at radius 1 is 0.965 bits per heavy atom. The van der Waals surface area contributed by atoms with Crippen LogP contribution in [0.5, 0.6) is 11.5 Å². The molecule has 8 rings (SSSR count). The molecule has 6 unspecified atom stereocenters. The van der Waals surface area contributed by atoms with Crippen molar-refractivity contribution >= 4 is 64.3 Å². The fourth-order valence-corrected chi connectivity index (χ4v) is 9.41. The third-order valence-corrected chi connectivity index (χ3v) is 12.0. The number of anilines is 2. The Labute approximate surface area is 331 Å². The average Bonchev–Trinajstić information content (AvgIpc) is 3.56. The predicted octanol–water partition coefficient (Wildman–Crippen LogP) is 7.01. The van der Waals surface area contributed by atoms with Gasteiger partial charge in [-0.1, -0.05) is 59.1 Å². The number of allylic oxidation sites excluding steroid dienone is 2. The highest BCUT2D eigenvalue weighted by Crippen LogP contribution is 2.64. The Morgan fingerprint density at radius 2 is 1.70 bits per heavy atom. The number of carbonyl (C=O) groups excluding carboxylic acids is 4. The lowest BCUT2D eigenvalue weighted by atomic mass is 9.49. The summed E-state index contributed by atoms with van der Waals surface area (Å²) in [5.74, 6) is -9.84. The second-order valence-electron chi connectivity index (χ2n) is 14.2. The number of nitrogens with one attached hydrogen (secondary N) is 1. The second kappa shape index (κ2) is 13.6. The van der Waals surface area contributed by atoms with Gasteiger partial charge in [-0.25, -0.2) is 9.78 Å². The summed E-state index contributed by atoms with van der Waals surface area (Å²) in [6.45, 7) is 0. The molecule has 0 bridgehead atoms. The molecule has 57 heavy (non-hydrogen) atoms. The monoisotopic (exact) mass is 820 g/mol. The zero-order valence-corrected chi connectivity index (χ0v) is 31.0. The van der Waals surface area contributed by atoms with Gasteiger partial charge in [-0.3, -0.25) is 29.5 Å². The molecule has 2 aliphatic heterocycles. The van der Waals surface area contributed by atoms with Gasteiger partial charge in [0.15, 0.2) is 17.3 Å². The molecular weight excluding hydrogens is 792 g/mol. The molecule has 6 atom stereocenters. The topological polar surface area (TPSA) is 166 Å². The van der Waals surface area contributed by atoms with Gasteiger partial charge in [0.1, 0.15) is 0 Å². The van der Waals surface area contributed by atoms with Gasteiger partial charge in [0, 0.05) is 17.1 Å². The number of methoxy groups -OCH3 is 1. The lowest BCUT2D eigenvalue weighted by Crippen LogP contribution is -2.53. The van der Waals surface area contributed by atoms with Crippen molar-refractivity contribution in [1.29, 1.82) is 0 Å². The fourth-order valence-electron chi connectivity index (χ4n) is 9.08. The minimum absolute atomic E-state index is 0.0470. The van der Waals surface area contributed by atoms with Gasteiger partial charge in [0.2, 0.25) is 11.8 Å². The Kier molecular flexibility index (Phi) is 9.08. The number of hydrazine groups is 1. The van der Waals surface area contributed by atoms with Crippen LogP contribution in [-0.4, -0.2) is 56.9 Å². The smallest absolute Gasteiger partial charge is 0.417 e. The number of alkyl halides is 3. The molecule has 292 valence electrons. The number of hydrogen-bond donors (Lipinski definition) is 3. The number of nitrogens with zero attached hydrogens (tertiary/aromatic N) is 3. The van der Waals surface area contributed by atoms with E-state index in [1.807, 2.05) is 0 Å².